The van der Waals surface area contributed by atoms with Crippen LogP contribution < -0.4 is 16.1 Å². The summed E-state index contributed by atoms with van der Waals surface area (Å²) in [6.07, 6.45) is 11.2. The van der Waals surface area contributed by atoms with E-state index in [1.165, 1.54) is 5.57 Å². The molecule has 2 rings (SSSR count). The quantitative estimate of drug-likeness (QED) is 0.341. The molecule has 0 amide bonds. The second-order valence-electron chi connectivity index (χ2n) is 5.70. The zero-order valence-corrected chi connectivity index (χ0v) is 13.5. The summed E-state index contributed by atoms with van der Waals surface area (Å²) in [6.45, 7) is 0.701. The first kappa shape index (κ1) is 16.9. The maximum absolute atomic E-state index is 8.03. The van der Waals surface area contributed by atoms with Crippen molar-refractivity contribution in [2.24, 2.45) is 4.99 Å². The molecule has 0 aromatic heterocycles. The maximum atomic E-state index is 8.03. The summed E-state index contributed by atoms with van der Waals surface area (Å²) in [5.74, 6) is 0.447. The number of amidine groups is 1. The van der Waals surface area contributed by atoms with Crippen LogP contribution in [0, 0.1) is 5.41 Å². The van der Waals surface area contributed by atoms with E-state index in [-0.39, 0.29) is 0 Å². The minimum atomic E-state index is 0.422. The third-order valence-corrected chi connectivity index (χ3v) is 4.19. The van der Waals surface area contributed by atoms with Crippen molar-refractivity contribution in [3.63, 3.8) is 0 Å². The summed E-state index contributed by atoms with van der Waals surface area (Å²) in [4.78, 5) is 9.13. The summed E-state index contributed by atoms with van der Waals surface area (Å²) in [7, 11) is 3.48. The Morgan fingerprint density at radius 3 is 3.09 bits per heavy atom. The van der Waals surface area contributed by atoms with Crippen LogP contribution in [-0.4, -0.2) is 45.0 Å². The van der Waals surface area contributed by atoms with Crippen LogP contribution in [0.4, 0.5) is 0 Å². The Labute approximate surface area is 132 Å². The fourth-order valence-electron chi connectivity index (χ4n) is 3.00. The molecule has 22 heavy (non-hydrogen) atoms. The van der Waals surface area contributed by atoms with Crippen LogP contribution in [0.25, 0.3) is 0 Å². The van der Waals surface area contributed by atoms with Gasteiger partial charge in [0.2, 0.25) is 0 Å². The van der Waals surface area contributed by atoms with Crippen LogP contribution in [0.3, 0.4) is 0 Å². The van der Waals surface area contributed by atoms with Crippen molar-refractivity contribution in [2.75, 3.05) is 20.7 Å². The van der Waals surface area contributed by atoms with E-state index < -0.39 is 0 Å². The highest BCUT2D eigenvalue weighted by molar-refractivity contribution is 6.02. The van der Waals surface area contributed by atoms with E-state index in [1.807, 2.05) is 0 Å². The molecule has 6 heteroatoms. The van der Waals surface area contributed by atoms with Gasteiger partial charge in [0, 0.05) is 26.2 Å². The summed E-state index contributed by atoms with van der Waals surface area (Å²) >= 11 is 0. The van der Waals surface area contributed by atoms with Gasteiger partial charge in [0.1, 0.15) is 5.84 Å². The SMILES string of the molecule is CN=CNC(=N)C1=CC=C(C2CCC(CONC)N2)CCC1. The Morgan fingerprint density at radius 2 is 2.32 bits per heavy atom. The Hall–Kier alpha value is -1.50. The number of aliphatic imine (C=N–C) groups is 1. The molecule has 6 nitrogen and oxygen atoms in total. The number of hydrogen-bond donors (Lipinski definition) is 4. The number of nitrogens with one attached hydrogen (secondary N) is 4. The summed E-state index contributed by atoms with van der Waals surface area (Å²) in [5, 5.41) is 14.6. The number of allylic oxidation sites excluding steroid dienone is 2. The molecular formula is C16H27N5O. The predicted molar refractivity (Wildman–Crippen MR) is 90.3 cm³/mol. The summed E-state index contributed by atoms with van der Waals surface area (Å²) < 4.78 is 0. The number of nitrogens with zero attached hydrogens (tertiary/aromatic N) is 1. The Kier molecular flexibility index (Phi) is 6.76. The monoisotopic (exact) mass is 305 g/mol. The van der Waals surface area contributed by atoms with Gasteiger partial charge < -0.3 is 15.5 Å². The lowest BCUT2D eigenvalue weighted by Gasteiger charge is -2.16. The van der Waals surface area contributed by atoms with Gasteiger partial charge in [-0.05, 0) is 37.7 Å². The number of rotatable bonds is 6. The van der Waals surface area contributed by atoms with Crippen molar-refractivity contribution in [1.29, 1.82) is 5.41 Å². The van der Waals surface area contributed by atoms with Crippen LogP contribution in [0.5, 0.6) is 0 Å². The molecule has 122 valence electrons. The van der Waals surface area contributed by atoms with E-state index in [4.69, 9.17) is 10.2 Å². The van der Waals surface area contributed by atoms with E-state index >= 15 is 0 Å². The zero-order chi connectivity index (χ0) is 15.8. The first-order valence-corrected chi connectivity index (χ1v) is 7.95. The molecule has 0 aromatic carbocycles. The Balaban J connectivity index is 1.93. The molecular weight excluding hydrogens is 278 g/mol. The van der Waals surface area contributed by atoms with Gasteiger partial charge in [-0.3, -0.25) is 10.4 Å². The zero-order valence-electron chi connectivity index (χ0n) is 13.5. The third kappa shape index (κ3) is 4.76. The largest absolute Gasteiger partial charge is 0.332 e. The second kappa shape index (κ2) is 8.82. The average molecular weight is 305 g/mol. The molecule has 4 N–H and O–H groups in total. The van der Waals surface area contributed by atoms with Gasteiger partial charge in [0.25, 0.3) is 0 Å². The molecule has 0 saturated carbocycles. The minimum absolute atomic E-state index is 0.422. The van der Waals surface area contributed by atoms with Crippen molar-refractivity contribution >= 4 is 12.2 Å². The topological polar surface area (TPSA) is 81.5 Å². The predicted octanol–water partition coefficient (Wildman–Crippen LogP) is 1.52. The normalized spacial score (nSPS) is 25.7. The maximum Gasteiger partial charge on any atom is 0.126 e. The fourth-order valence-corrected chi connectivity index (χ4v) is 3.00. The van der Waals surface area contributed by atoms with Gasteiger partial charge in [0.05, 0.1) is 12.9 Å². The van der Waals surface area contributed by atoms with E-state index in [9.17, 15) is 0 Å². The van der Waals surface area contributed by atoms with Crippen molar-refractivity contribution in [1.82, 2.24) is 16.1 Å². The molecule has 0 aromatic rings. The molecule has 2 aliphatic rings. The molecule has 0 radical (unpaired) electrons. The van der Waals surface area contributed by atoms with E-state index in [0.717, 1.165) is 37.7 Å². The van der Waals surface area contributed by atoms with Gasteiger partial charge >= 0.3 is 0 Å². The highest BCUT2D eigenvalue weighted by Gasteiger charge is 2.26. The van der Waals surface area contributed by atoms with Crippen molar-refractivity contribution in [3.05, 3.63) is 23.3 Å². The van der Waals surface area contributed by atoms with Gasteiger partial charge in [-0.25, -0.2) is 5.48 Å². The summed E-state index contributed by atoms with van der Waals surface area (Å²) in [6, 6.07) is 0.867. The van der Waals surface area contributed by atoms with E-state index in [0.29, 0.717) is 24.5 Å². The van der Waals surface area contributed by atoms with Crippen LogP contribution in [0.1, 0.15) is 32.1 Å². The van der Waals surface area contributed by atoms with Crippen LogP contribution in [0.2, 0.25) is 0 Å². The van der Waals surface area contributed by atoms with Crippen LogP contribution in [-0.2, 0) is 4.84 Å². The molecule has 0 spiro atoms. The molecule has 2 atom stereocenters. The molecule has 0 bridgehead atoms. The molecule has 1 aliphatic carbocycles. The molecule has 1 fully saturated rings. The van der Waals surface area contributed by atoms with Crippen molar-refractivity contribution in [3.8, 4) is 0 Å². The highest BCUT2D eigenvalue weighted by Crippen LogP contribution is 2.26. The standard InChI is InChI=1S/C16H27N5O/c1-18-11-20-16(17)13-5-3-4-12(6-7-13)15-9-8-14(21-15)10-22-19-2/h6-7,11,14-15,19,21H,3-5,8-10H2,1-2H3,(H2,17,18,20). The Bertz CT molecular complexity index is 469. The minimum Gasteiger partial charge on any atom is -0.332 e. The molecule has 1 aliphatic heterocycles. The van der Waals surface area contributed by atoms with Gasteiger partial charge in [0.15, 0.2) is 0 Å². The van der Waals surface area contributed by atoms with Crippen molar-refractivity contribution in [2.45, 2.75) is 44.2 Å². The smallest absolute Gasteiger partial charge is 0.126 e. The number of hydrogen-bond acceptors (Lipinski definition) is 5. The number of hydroxylamine groups is 1. The highest BCUT2D eigenvalue weighted by atomic mass is 16.6. The van der Waals surface area contributed by atoms with E-state index in [1.54, 1.807) is 20.4 Å². The van der Waals surface area contributed by atoms with Crippen LogP contribution >= 0.6 is 0 Å². The lowest BCUT2D eigenvalue weighted by molar-refractivity contribution is 0.0443. The second-order valence-corrected chi connectivity index (χ2v) is 5.70. The van der Waals surface area contributed by atoms with Gasteiger partial charge in [-0.15, -0.1) is 0 Å². The van der Waals surface area contributed by atoms with Crippen molar-refractivity contribution < 1.29 is 4.84 Å². The lowest BCUT2D eigenvalue weighted by Crippen LogP contribution is -2.35. The van der Waals surface area contributed by atoms with Gasteiger partial charge in [-0.1, -0.05) is 17.7 Å². The first-order chi connectivity index (χ1) is 10.7. The molecule has 2 unspecified atom stereocenters. The molecule has 1 saturated heterocycles. The van der Waals surface area contributed by atoms with E-state index in [2.05, 4.69) is 33.3 Å². The Morgan fingerprint density at radius 1 is 1.45 bits per heavy atom. The molecule has 1 heterocycles. The average Bonchev–Trinajstić information content (AvgIpc) is 2.86. The van der Waals surface area contributed by atoms with Crippen LogP contribution in [0.15, 0.2) is 28.3 Å². The summed E-state index contributed by atoms with van der Waals surface area (Å²) in [5.41, 5.74) is 5.22. The first-order valence-electron chi connectivity index (χ1n) is 7.95. The third-order valence-electron chi connectivity index (χ3n) is 4.19. The fraction of sp³-hybridized carbons (Fsp3) is 0.625. The van der Waals surface area contributed by atoms with Gasteiger partial charge in [-0.2, -0.15) is 0 Å². The lowest BCUT2D eigenvalue weighted by atomic mass is 10.0.